The topological polar surface area (TPSA) is 48.1 Å². The van der Waals surface area contributed by atoms with Crippen LogP contribution >= 0.6 is 0 Å². The Balaban J connectivity index is 0.000000141. The first kappa shape index (κ1) is 45.9. The molecule has 1 spiro atoms. The minimum Gasteiger partial charge on any atom is -0.312 e. The molecule has 10 rings (SSSR count). The average molecular weight is 767 g/mol. The lowest BCUT2D eigenvalue weighted by molar-refractivity contribution is -0.116. The molecule has 322 valence electrons. The first-order valence-corrected chi connectivity index (χ1v) is 25.1. The Hall–Kier alpha value is -0.160. The van der Waals surface area contributed by atoms with E-state index < -0.39 is 0 Å². The summed E-state index contributed by atoms with van der Waals surface area (Å²) in [5.74, 6) is 6.06. The van der Waals surface area contributed by atoms with Crippen molar-refractivity contribution in [3.63, 3.8) is 0 Å². The van der Waals surface area contributed by atoms with Crippen molar-refractivity contribution in [3.05, 3.63) is 0 Å². The lowest BCUT2D eigenvalue weighted by atomic mass is 9.44. The van der Waals surface area contributed by atoms with Gasteiger partial charge in [-0.3, -0.25) is 0 Å². The van der Waals surface area contributed by atoms with E-state index in [0.29, 0.717) is 35.1 Å². The third-order valence-electron chi connectivity index (χ3n) is 16.7. The normalized spacial score (nSPS) is 36.6. The van der Waals surface area contributed by atoms with Crippen LogP contribution in [0.25, 0.3) is 0 Å². The van der Waals surface area contributed by atoms with E-state index in [1.807, 2.05) is 0 Å². The molecule has 10 aliphatic carbocycles. The summed E-state index contributed by atoms with van der Waals surface area (Å²) in [4.78, 5) is 0. The second-order valence-corrected chi connectivity index (χ2v) is 23.4. The second kappa shape index (κ2) is 20.9. The summed E-state index contributed by atoms with van der Waals surface area (Å²) in [6, 6.07) is 5.05. The van der Waals surface area contributed by atoms with Gasteiger partial charge in [0, 0.05) is 47.8 Å². The van der Waals surface area contributed by atoms with Crippen LogP contribution in [0.4, 0.5) is 0 Å². The van der Waals surface area contributed by atoms with Gasteiger partial charge in [0.15, 0.2) is 0 Å². The number of hydrogen-bond donors (Lipinski definition) is 4. The molecule has 0 heterocycles. The molecule has 6 bridgehead atoms. The van der Waals surface area contributed by atoms with E-state index in [-0.39, 0.29) is 0 Å². The number of rotatable bonds is 8. The van der Waals surface area contributed by atoms with Gasteiger partial charge in [0.25, 0.3) is 0 Å². The number of hydrogen-bond acceptors (Lipinski definition) is 4. The average Bonchev–Trinajstić information content (AvgIpc) is 3.07. The van der Waals surface area contributed by atoms with Crippen LogP contribution in [0.5, 0.6) is 0 Å². The summed E-state index contributed by atoms with van der Waals surface area (Å²) in [6.45, 7) is 25.5. The molecule has 0 saturated heterocycles. The molecule has 55 heavy (non-hydrogen) atoms. The Morgan fingerprint density at radius 2 is 0.927 bits per heavy atom. The fourth-order valence-electron chi connectivity index (χ4n) is 14.5. The van der Waals surface area contributed by atoms with E-state index in [1.165, 1.54) is 135 Å². The molecule has 4 heteroatoms. The molecule has 10 aliphatic rings. The zero-order chi connectivity index (χ0) is 39.8. The highest BCUT2D eigenvalue weighted by molar-refractivity contribution is 5.08. The van der Waals surface area contributed by atoms with Crippen LogP contribution < -0.4 is 21.3 Å². The molecule has 0 aliphatic heterocycles. The van der Waals surface area contributed by atoms with Crippen LogP contribution in [-0.4, -0.2) is 47.8 Å². The molecule has 10 saturated carbocycles. The fourth-order valence-corrected chi connectivity index (χ4v) is 14.5. The van der Waals surface area contributed by atoms with Crippen molar-refractivity contribution >= 4 is 0 Å². The zero-order valence-electron chi connectivity index (χ0n) is 39.0. The Morgan fingerprint density at radius 3 is 1.36 bits per heavy atom. The van der Waals surface area contributed by atoms with Gasteiger partial charge in [0.1, 0.15) is 0 Å². The molecule has 4 atom stereocenters. The molecular weight excluding hydrogens is 669 g/mol. The molecule has 0 radical (unpaired) electrons. The smallest absolute Gasteiger partial charge is 0.0191 e. The van der Waals surface area contributed by atoms with Gasteiger partial charge in [-0.15, -0.1) is 0 Å². The van der Waals surface area contributed by atoms with Crippen molar-refractivity contribution in [2.75, 3.05) is 0 Å². The second-order valence-electron chi connectivity index (χ2n) is 23.4. The van der Waals surface area contributed by atoms with Crippen molar-refractivity contribution in [3.8, 4) is 0 Å². The minimum absolute atomic E-state index is 0.572. The van der Waals surface area contributed by atoms with Crippen molar-refractivity contribution in [2.24, 2.45) is 46.3 Å². The maximum atomic E-state index is 3.89. The zero-order valence-corrected chi connectivity index (χ0v) is 39.0. The summed E-state index contributed by atoms with van der Waals surface area (Å²) < 4.78 is 0. The first-order chi connectivity index (χ1) is 26.1. The highest BCUT2D eigenvalue weighted by Crippen LogP contribution is 2.61. The summed E-state index contributed by atoms with van der Waals surface area (Å²) in [7, 11) is 0. The lowest BCUT2D eigenvalue weighted by Crippen LogP contribution is -2.60. The van der Waals surface area contributed by atoms with E-state index in [1.54, 1.807) is 19.3 Å². The van der Waals surface area contributed by atoms with Gasteiger partial charge >= 0.3 is 0 Å². The Kier molecular flexibility index (Phi) is 17.4. The summed E-state index contributed by atoms with van der Waals surface area (Å²) in [5.41, 5.74) is 1.99. The molecular formula is C51H98N4. The maximum Gasteiger partial charge on any atom is 0.0191 e. The molecule has 0 aromatic carbocycles. The van der Waals surface area contributed by atoms with Crippen LogP contribution in [0.2, 0.25) is 0 Å². The standard InChI is InChI=1S/C14H27N.C13H23N.C13H25N.C11H23N/c1-12(2)15-13-6-10-14(11-7-13)8-4-3-5-9-14;1-9(2)14-13-6-10-3-11(7-13)5-12(4-10)8-13;1-8(2)14-12-7-10-6-11(9(12)3)13(10,4)5;1-10(2)12-11-8-6-4-3-5-7-9-11/h12-13,15H,3-11H2,1-2H3;9-12,14H,3-8H2,1-2H3;8-12,14H,6-7H2,1-5H3;10-12H,3-9H2,1-2H3/t;;9-,10+,11-,12-;/m..1./s1. The molecule has 4 nitrogen and oxygen atoms in total. The highest BCUT2D eigenvalue weighted by atomic mass is 15.0. The summed E-state index contributed by atoms with van der Waals surface area (Å²) >= 11 is 0. The van der Waals surface area contributed by atoms with Crippen molar-refractivity contribution in [1.29, 1.82) is 0 Å². The van der Waals surface area contributed by atoms with Crippen LogP contribution in [0.1, 0.15) is 230 Å². The highest BCUT2D eigenvalue weighted by Gasteiger charge is 2.56. The van der Waals surface area contributed by atoms with Gasteiger partial charge in [-0.25, -0.2) is 0 Å². The number of fused-ring (bicyclic) bond motifs is 2. The van der Waals surface area contributed by atoms with Crippen molar-refractivity contribution in [1.82, 2.24) is 21.3 Å². The molecule has 4 N–H and O–H groups in total. The summed E-state index contributed by atoms with van der Waals surface area (Å²) in [6.07, 6.45) is 35.5. The van der Waals surface area contributed by atoms with E-state index in [4.69, 9.17) is 0 Å². The molecule has 0 aromatic heterocycles. The van der Waals surface area contributed by atoms with E-state index >= 15 is 0 Å². The third-order valence-corrected chi connectivity index (χ3v) is 16.7. The molecule has 0 unspecified atom stereocenters. The van der Waals surface area contributed by atoms with Crippen LogP contribution in [-0.2, 0) is 0 Å². The Bertz CT molecular complexity index is 1030. The van der Waals surface area contributed by atoms with Crippen molar-refractivity contribution < 1.29 is 0 Å². The Labute approximate surface area is 344 Å². The van der Waals surface area contributed by atoms with Gasteiger partial charge in [0.2, 0.25) is 0 Å². The fraction of sp³-hybridized carbons (Fsp3) is 1.00. The quantitative estimate of drug-likeness (QED) is 0.199. The largest absolute Gasteiger partial charge is 0.312 e. The van der Waals surface area contributed by atoms with Gasteiger partial charge in [-0.1, -0.05) is 128 Å². The molecule has 10 fully saturated rings. The van der Waals surface area contributed by atoms with Crippen molar-refractivity contribution in [2.45, 2.75) is 278 Å². The number of nitrogens with one attached hydrogen (secondary N) is 4. The van der Waals surface area contributed by atoms with E-state index in [0.717, 1.165) is 59.0 Å². The van der Waals surface area contributed by atoms with E-state index in [9.17, 15) is 0 Å². The van der Waals surface area contributed by atoms with Crippen LogP contribution in [0, 0.1) is 46.3 Å². The first-order valence-electron chi connectivity index (χ1n) is 25.1. The minimum atomic E-state index is 0.572. The van der Waals surface area contributed by atoms with E-state index in [2.05, 4.69) is 97.4 Å². The van der Waals surface area contributed by atoms with Gasteiger partial charge in [-0.05, 0) is 149 Å². The summed E-state index contributed by atoms with van der Waals surface area (Å²) in [5, 5.41) is 15.0. The maximum absolute atomic E-state index is 3.89. The Morgan fingerprint density at radius 1 is 0.473 bits per heavy atom. The van der Waals surface area contributed by atoms with Crippen LogP contribution in [0.15, 0.2) is 0 Å². The predicted octanol–water partition coefficient (Wildman–Crippen LogP) is 13.0. The SMILES string of the molecule is CC(C)NC12CC3CC(CC(C3)C1)C2.CC(C)NC1CCC2(CCCCC2)CC1.CC(C)NC1CCCCCCC1.CC(C)N[C@@H]1C[C@@H]2C[C@H]([C@H]1C)C2(C)C. The third kappa shape index (κ3) is 13.4. The predicted molar refractivity (Wildman–Crippen MR) is 241 cm³/mol. The van der Waals surface area contributed by atoms with Gasteiger partial charge < -0.3 is 21.3 Å². The molecule has 0 amide bonds. The molecule has 0 aromatic rings. The lowest BCUT2D eigenvalue weighted by Gasteiger charge is -2.62. The van der Waals surface area contributed by atoms with Crippen LogP contribution in [0.3, 0.4) is 0 Å². The van der Waals surface area contributed by atoms with Gasteiger partial charge in [0.05, 0.1) is 0 Å². The monoisotopic (exact) mass is 767 g/mol. The van der Waals surface area contributed by atoms with Gasteiger partial charge in [-0.2, -0.15) is 0 Å².